The normalized spacial score (nSPS) is 9.71. The van der Waals surface area contributed by atoms with Crippen LogP contribution in [-0.4, -0.2) is 15.1 Å². The van der Waals surface area contributed by atoms with Crippen LogP contribution in [0.25, 0.3) is 0 Å². The molecule has 17 heavy (non-hydrogen) atoms. The minimum Gasteiger partial charge on any atom is -0.332 e. The molecule has 2 rings (SSSR count). The highest BCUT2D eigenvalue weighted by molar-refractivity contribution is 7.80. The summed E-state index contributed by atoms with van der Waals surface area (Å²) >= 11 is 5.19. The molecule has 1 aromatic heterocycles. The number of para-hydroxylation sites is 1. The van der Waals surface area contributed by atoms with Crippen LogP contribution in [0.2, 0.25) is 0 Å². The van der Waals surface area contributed by atoms with Crippen molar-refractivity contribution in [2.75, 3.05) is 10.6 Å². The number of nitrogens with zero attached hydrogens (tertiary/aromatic N) is 2. The number of benzene rings is 1. The third kappa shape index (κ3) is 3.22. The molecule has 0 radical (unpaired) electrons. The van der Waals surface area contributed by atoms with Gasteiger partial charge in [-0.25, -0.2) is 4.98 Å². The number of thiocarbonyl (C=S) groups is 1. The molecule has 2 N–H and O–H groups in total. The highest BCUT2D eigenvalue weighted by Crippen LogP contribution is 2.13. The molecule has 1 heterocycles. The Labute approximate surface area is 105 Å². The Kier molecular flexibility index (Phi) is 3.62. The predicted octanol–water partition coefficient (Wildman–Crippen LogP) is 2.59. The third-order valence-electron chi connectivity index (χ3n) is 2.20. The van der Waals surface area contributed by atoms with Crippen molar-refractivity contribution < 1.29 is 0 Å². The van der Waals surface area contributed by atoms with Gasteiger partial charge < -0.3 is 10.6 Å². The van der Waals surface area contributed by atoms with Gasteiger partial charge in [-0.1, -0.05) is 18.2 Å². The van der Waals surface area contributed by atoms with Gasteiger partial charge >= 0.3 is 0 Å². The van der Waals surface area contributed by atoms with Crippen molar-refractivity contribution in [2.45, 2.75) is 6.92 Å². The SMILES string of the molecule is Cc1ccccc1NC(=S)Nc1cnccn1. The smallest absolute Gasteiger partial charge is 0.176 e. The molecule has 0 aliphatic heterocycles. The highest BCUT2D eigenvalue weighted by atomic mass is 32.1. The molecular weight excluding hydrogens is 232 g/mol. The van der Waals surface area contributed by atoms with Crippen LogP contribution in [0, 0.1) is 6.92 Å². The van der Waals surface area contributed by atoms with Gasteiger partial charge in [0.15, 0.2) is 10.9 Å². The molecule has 5 heteroatoms. The Morgan fingerprint density at radius 3 is 2.71 bits per heavy atom. The molecule has 0 aliphatic carbocycles. The molecule has 0 bridgehead atoms. The van der Waals surface area contributed by atoms with Crippen molar-refractivity contribution in [3.8, 4) is 0 Å². The van der Waals surface area contributed by atoms with Crippen LogP contribution in [0.5, 0.6) is 0 Å². The van der Waals surface area contributed by atoms with E-state index in [-0.39, 0.29) is 0 Å². The van der Waals surface area contributed by atoms with Crippen molar-refractivity contribution >= 4 is 28.8 Å². The Morgan fingerprint density at radius 1 is 1.18 bits per heavy atom. The number of hydrogen-bond acceptors (Lipinski definition) is 3. The fourth-order valence-corrected chi connectivity index (χ4v) is 1.56. The molecule has 0 saturated carbocycles. The maximum absolute atomic E-state index is 5.19. The fraction of sp³-hybridized carbons (Fsp3) is 0.0833. The minimum atomic E-state index is 0.500. The van der Waals surface area contributed by atoms with E-state index >= 15 is 0 Å². The summed E-state index contributed by atoms with van der Waals surface area (Å²) in [5.41, 5.74) is 2.12. The van der Waals surface area contributed by atoms with Crippen molar-refractivity contribution in [2.24, 2.45) is 0 Å². The standard InChI is InChI=1S/C12H12N4S/c1-9-4-2-3-5-10(9)15-12(17)16-11-8-13-6-7-14-11/h2-8H,1H3,(H2,14,15,16,17). The van der Waals surface area contributed by atoms with Crippen LogP contribution in [0.4, 0.5) is 11.5 Å². The Bertz CT molecular complexity index is 513. The van der Waals surface area contributed by atoms with E-state index in [9.17, 15) is 0 Å². The largest absolute Gasteiger partial charge is 0.332 e. The van der Waals surface area contributed by atoms with E-state index < -0.39 is 0 Å². The first kappa shape index (κ1) is 11.5. The van der Waals surface area contributed by atoms with Gasteiger partial charge in [0.25, 0.3) is 0 Å². The van der Waals surface area contributed by atoms with Gasteiger partial charge in [-0.3, -0.25) is 4.98 Å². The molecule has 86 valence electrons. The van der Waals surface area contributed by atoms with E-state index in [1.165, 1.54) is 0 Å². The first-order chi connectivity index (χ1) is 8.25. The minimum absolute atomic E-state index is 0.500. The predicted molar refractivity (Wildman–Crippen MR) is 73.1 cm³/mol. The summed E-state index contributed by atoms with van der Waals surface area (Å²) in [6, 6.07) is 7.94. The lowest BCUT2D eigenvalue weighted by Gasteiger charge is -2.11. The van der Waals surface area contributed by atoms with E-state index in [4.69, 9.17) is 12.2 Å². The molecule has 0 aliphatic rings. The monoisotopic (exact) mass is 244 g/mol. The van der Waals surface area contributed by atoms with Gasteiger partial charge in [0, 0.05) is 18.1 Å². The average molecular weight is 244 g/mol. The van der Waals surface area contributed by atoms with Gasteiger partial charge in [0.05, 0.1) is 6.20 Å². The summed E-state index contributed by atoms with van der Waals surface area (Å²) < 4.78 is 0. The summed E-state index contributed by atoms with van der Waals surface area (Å²) in [6.45, 7) is 2.02. The van der Waals surface area contributed by atoms with Crippen LogP contribution in [0.15, 0.2) is 42.9 Å². The zero-order chi connectivity index (χ0) is 12.1. The molecule has 2 aromatic rings. The van der Waals surface area contributed by atoms with E-state index in [0.717, 1.165) is 11.3 Å². The number of anilines is 2. The van der Waals surface area contributed by atoms with Gasteiger partial charge in [-0.2, -0.15) is 0 Å². The number of aromatic nitrogens is 2. The summed E-state index contributed by atoms with van der Waals surface area (Å²) in [5, 5.41) is 6.58. The van der Waals surface area contributed by atoms with Crippen LogP contribution < -0.4 is 10.6 Å². The molecule has 1 aromatic carbocycles. The highest BCUT2D eigenvalue weighted by Gasteiger charge is 2.01. The fourth-order valence-electron chi connectivity index (χ4n) is 1.35. The van der Waals surface area contributed by atoms with Gasteiger partial charge in [0.1, 0.15) is 0 Å². The van der Waals surface area contributed by atoms with E-state index in [2.05, 4.69) is 20.6 Å². The first-order valence-corrected chi connectivity index (χ1v) is 5.56. The van der Waals surface area contributed by atoms with Crippen LogP contribution >= 0.6 is 12.2 Å². The number of nitrogens with one attached hydrogen (secondary N) is 2. The maximum Gasteiger partial charge on any atom is 0.176 e. The maximum atomic E-state index is 5.19. The molecule has 0 fully saturated rings. The van der Waals surface area contributed by atoms with Gasteiger partial charge in [-0.05, 0) is 30.8 Å². The first-order valence-electron chi connectivity index (χ1n) is 5.15. The van der Waals surface area contributed by atoms with E-state index in [0.29, 0.717) is 10.9 Å². The lowest BCUT2D eigenvalue weighted by Crippen LogP contribution is -2.20. The van der Waals surface area contributed by atoms with Gasteiger partial charge in [-0.15, -0.1) is 0 Å². The summed E-state index contributed by atoms with van der Waals surface area (Å²) in [5.74, 6) is 0.624. The van der Waals surface area contributed by atoms with E-state index in [1.807, 2.05) is 31.2 Å². The summed E-state index contributed by atoms with van der Waals surface area (Å²) in [7, 11) is 0. The topological polar surface area (TPSA) is 49.8 Å². The third-order valence-corrected chi connectivity index (χ3v) is 2.40. The molecule has 0 atom stereocenters. The van der Waals surface area contributed by atoms with Crippen molar-refractivity contribution in [1.82, 2.24) is 9.97 Å². The lowest BCUT2D eigenvalue weighted by molar-refractivity contribution is 1.21. The van der Waals surface area contributed by atoms with Crippen molar-refractivity contribution in [3.63, 3.8) is 0 Å². The van der Waals surface area contributed by atoms with Crippen molar-refractivity contribution in [3.05, 3.63) is 48.4 Å². The molecule has 0 spiro atoms. The van der Waals surface area contributed by atoms with Crippen LogP contribution in [0.1, 0.15) is 5.56 Å². The zero-order valence-corrected chi connectivity index (χ0v) is 10.2. The summed E-state index contributed by atoms with van der Waals surface area (Å²) in [4.78, 5) is 8.03. The zero-order valence-electron chi connectivity index (χ0n) is 9.34. The Morgan fingerprint density at radius 2 is 2.00 bits per heavy atom. The van der Waals surface area contributed by atoms with Crippen molar-refractivity contribution in [1.29, 1.82) is 0 Å². The Balaban J connectivity index is 2.01. The Hall–Kier alpha value is -2.01. The number of aryl methyl sites for hydroxylation is 1. The second-order valence-electron chi connectivity index (χ2n) is 3.48. The lowest BCUT2D eigenvalue weighted by atomic mass is 10.2. The second kappa shape index (κ2) is 5.36. The number of rotatable bonds is 2. The van der Waals surface area contributed by atoms with Crippen LogP contribution in [-0.2, 0) is 0 Å². The van der Waals surface area contributed by atoms with Crippen LogP contribution in [0.3, 0.4) is 0 Å². The average Bonchev–Trinajstić information content (AvgIpc) is 2.33. The molecule has 4 nitrogen and oxygen atoms in total. The molecule has 0 unspecified atom stereocenters. The summed E-state index contributed by atoms with van der Waals surface area (Å²) in [6.07, 6.45) is 4.84. The van der Waals surface area contributed by atoms with E-state index in [1.54, 1.807) is 18.6 Å². The van der Waals surface area contributed by atoms with Gasteiger partial charge in [0.2, 0.25) is 0 Å². The molecular formula is C12H12N4S. The quantitative estimate of drug-likeness (QED) is 0.795. The second-order valence-corrected chi connectivity index (χ2v) is 3.89. The molecule has 0 amide bonds. The molecule has 0 saturated heterocycles. The number of hydrogen-bond donors (Lipinski definition) is 2.